The van der Waals surface area contributed by atoms with Gasteiger partial charge in [-0.25, -0.2) is 0 Å². The number of anilines is 1. The zero-order chi connectivity index (χ0) is 15.8. The van der Waals surface area contributed by atoms with Crippen molar-refractivity contribution >= 4 is 11.5 Å². The summed E-state index contributed by atoms with van der Waals surface area (Å²) >= 11 is 0. The number of piperidine rings is 1. The first-order valence-corrected chi connectivity index (χ1v) is 7.94. The second kappa shape index (κ2) is 5.28. The Bertz CT molecular complexity index is 654. The lowest BCUT2D eigenvalue weighted by molar-refractivity contribution is -0.125. The fraction of sp³-hybridized carbons (Fsp3) is 0.474. The van der Waals surface area contributed by atoms with Crippen molar-refractivity contribution < 1.29 is 4.79 Å². The number of para-hydroxylation sites is 1. The van der Waals surface area contributed by atoms with Crippen LogP contribution in [0.5, 0.6) is 0 Å². The van der Waals surface area contributed by atoms with Gasteiger partial charge in [0.2, 0.25) is 0 Å². The molecule has 1 heterocycles. The van der Waals surface area contributed by atoms with E-state index in [-0.39, 0.29) is 11.2 Å². The van der Waals surface area contributed by atoms with Crippen LogP contribution in [0.4, 0.5) is 5.69 Å². The molecule has 114 valence electrons. The third-order valence-corrected chi connectivity index (χ3v) is 4.95. The van der Waals surface area contributed by atoms with Gasteiger partial charge in [-0.05, 0) is 31.4 Å². The summed E-state index contributed by atoms with van der Waals surface area (Å²) in [5, 5.41) is 9.34. The minimum absolute atomic E-state index is 0.00235. The summed E-state index contributed by atoms with van der Waals surface area (Å²) in [6, 6.07) is 12.5. The van der Waals surface area contributed by atoms with Crippen LogP contribution < -0.4 is 4.90 Å². The quantitative estimate of drug-likeness (QED) is 0.793. The lowest BCUT2D eigenvalue weighted by Gasteiger charge is -2.47. The first-order valence-electron chi connectivity index (χ1n) is 7.94. The molecule has 1 fully saturated rings. The largest absolute Gasteiger partial charge is 0.371 e. The zero-order valence-electron chi connectivity index (χ0n) is 13.3. The molecule has 0 saturated carbocycles. The van der Waals surface area contributed by atoms with Crippen LogP contribution in [0.15, 0.2) is 42.0 Å². The molecule has 1 aliphatic carbocycles. The number of hydrogen-bond donors (Lipinski definition) is 0. The summed E-state index contributed by atoms with van der Waals surface area (Å²) < 4.78 is 0. The molecule has 0 amide bonds. The van der Waals surface area contributed by atoms with Crippen molar-refractivity contribution in [2.24, 2.45) is 10.8 Å². The number of rotatable bonds is 1. The first-order chi connectivity index (χ1) is 10.5. The molecule has 0 bridgehead atoms. The van der Waals surface area contributed by atoms with E-state index in [1.165, 1.54) is 5.69 Å². The van der Waals surface area contributed by atoms with Crippen molar-refractivity contribution in [2.45, 2.75) is 33.1 Å². The molecule has 1 atom stereocenters. The van der Waals surface area contributed by atoms with Crippen LogP contribution in [0.1, 0.15) is 33.1 Å². The SMILES string of the molecule is CC1(C)CC2(C=C(C#N)C1=O)CCCN(c1ccccc1)C2. The van der Waals surface area contributed by atoms with E-state index in [4.69, 9.17) is 0 Å². The monoisotopic (exact) mass is 294 g/mol. The molecule has 2 aliphatic rings. The Morgan fingerprint density at radius 2 is 1.95 bits per heavy atom. The first kappa shape index (κ1) is 14.8. The number of nitrogens with zero attached hydrogens (tertiary/aromatic N) is 2. The second-order valence-electron chi connectivity index (χ2n) is 7.28. The van der Waals surface area contributed by atoms with Gasteiger partial charge in [0.25, 0.3) is 0 Å². The summed E-state index contributed by atoms with van der Waals surface area (Å²) in [6.45, 7) is 5.88. The number of carbonyl (C=O) groups excluding carboxylic acids is 1. The summed E-state index contributed by atoms with van der Waals surface area (Å²) in [4.78, 5) is 14.7. The van der Waals surface area contributed by atoms with Gasteiger partial charge in [0.05, 0.1) is 5.57 Å². The highest BCUT2D eigenvalue weighted by molar-refractivity contribution is 6.03. The van der Waals surface area contributed by atoms with Gasteiger partial charge < -0.3 is 4.90 Å². The average molecular weight is 294 g/mol. The van der Waals surface area contributed by atoms with E-state index < -0.39 is 5.41 Å². The average Bonchev–Trinajstić information content (AvgIpc) is 2.51. The minimum Gasteiger partial charge on any atom is -0.371 e. The highest BCUT2D eigenvalue weighted by Gasteiger charge is 2.46. The number of benzene rings is 1. The predicted octanol–water partition coefficient (Wildman–Crippen LogP) is 3.72. The molecule has 3 heteroatoms. The molecule has 1 aliphatic heterocycles. The maximum Gasteiger partial charge on any atom is 0.178 e. The lowest BCUT2D eigenvalue weighted by Crippen LogP contribution is -2.48. The predicted molar refractivity (Wildman–Crippen MR) is 87.4 cm³/mol. The molecule has 1 unspecified atom stereocenters. The van der Waals surface area contributed by atoms with Gasteiger partial charge in [0.1, 0.15) is 6.07 Å². The van der Waals surface area contributed by atoms with Gasteiger partial charge in [-0.2, -0.15) is 5.26 Å². The smallest absolute Gasteiger partial charge is 0.178 e. The number of allylic oxidation sites excluding steroid dienone is 1. The summed E-state index contributed by atoms with van der Waals surface area (Å²) in [5.74, 6) is -0.00235. The van der Waals surface area contributed by atoms with Gasteiger partial charge in [0, 0.05) is 29.6 Å². The number of ketones is 1. The van der Waals surface area contributed by atoms with Gasteiger partial charge in [-0.15, -0.1) is 0 Å². The van der Waals surface area contributed by atoms with Gasteiger partial charge in [-0.1, -0.05) is 38.1 Å². The Kier molecular flexibility index (Phi) is 3.56. The van der Waals surface area contributed by atoms with Crippen LogP contribution in [0, 0.1) is 22.2 Å². The summed E-state index contributed by atoms with van der Waals surface area (Å²) in [5.41, 5.74) is 1.07. The lowest BCUT2D eigenvalue weighted by atomic mass is 9.61. The Morgan fingerprint density at radius 3 is 2.64 bits per heavy atom. The van der Waals surface area contributed by atoms with Crippen molar-refractivity contribution in [3.05, 3.63) is 42.0 Å². The third kappa shape index (κ3) is 2.54. The Balaban J connectivity index is 1.94. The maximum absolute atomic E-state index is 12.4. The molecule has 1 saturated heterocycles. The Hall–Kier alpha value is -2.08. The van der Waals surface area contributed by atoms with Crippen molar-refractivity contribution in [3.8, 4) is 6.07 Å². The second-order valence-corrected chi connectivity index (χ2v) is 7.28. The number of Topliss-reactive ketones (excluding diaryl/α,β-unsaturated/α-hetero) is 1. The van der Waals surface area contributed by atoms with Crippen LogP contribution in [-0.2, 0) is 4.79 Å². The van der Waals surface area contributed by atoms with Crippen LogP contribution in [0.25, 0.3) is 0 Å². The van der Waals surface area contributed by atoms with Gasteiger partial charge in [0.15, 0.2) is 5.78 Å². The number of hydrogen-bond acceptors (Lipinski definition) is 3. The fourth-order valence-electron chi connectivity index (χ4n) is 4.11. The van der Waals surface area contributed by atoms with E-state index in [2.05, 4.69) is 35.2 Å². The molecule has 1 aromatic carbocycles. The van der Waals surface area contributed by atoms with Crippen molar-refractivity contribution in [1.82, 2.24) is 0 Å². The van der Waals surface area contributed by atoms with E-state index in [0.29, 0.717) is 5.57 Å². The summed E-state index contributed by atoms with van der Waals surface area (Å²) in [6.07, 6.45) is 4.94. The molecule has 22 heavy (non-hydrogen) atoms. The molecule has 0 N–H and O–H groups in total. The summed E-state index contributed by atoms with van der Waals surface area (Å²) in [7, 11) is 0. The Labute approximate surface area is 132 Å². The molecular weight excluding hydrogens is 272 g/mol. The normalized spacial score (nSPS) is 27.4. The van der Waals surface area contributed by atoms with Crippen LogP contribution >= 0.6 is 0 Å². The molecule has 1 aromatic rings. The molecule has 3 nitrogen and oxygen atoms in total. The molecule has 1 spiro atoms. The third-order valence-electron chi connectivity index (χ3n) is 4.95. The van der Waals surface area contributed by atoms with Crippen molar-refractivity contribution in [3.63, 3.8) is 0 Å². The van der Waals surface area contributed by atoms with E-state index in [1.54, 1.807) is 0 Å². The Morgan fingerprint density at radius 1 is 1.23 bits per heavy atom. The van der Waals surface area contributed by atoms with Crippen LogP contribution in [0.3, 0.4) is 0 Å². The highest BCUT2D eigenvalue weighted by atomic mass is 16.1. The van der Waals surface area contributed by atoms with E-state index >= 15 is 0 Å². The van der Waals surface area contributed by atoms with Gasteiger partial charge in [-0.3, -0.25) is 4.79 Å². The van der Waals surface area contributed by atoms with Crippen molar-refractivity contribution in [2.75, 3.05) is 18.0 Å². The molecule has 0 aromatic heterocycles. The molecular formula is C19H22N2O. The van der Waals surface area contributed by atoms with Crippen LogP contribution in [-0.4, -0.2) is 18.9 Å². The van der Waals surface area contributed by atoms with Gasteiger partial charge >= 0.3 is 0 Å². The zero-order valence-corrected chi connectivity index (χ0v) is 13.3. The number of nitriles is 1. The van der Waals surface area contributed by atoms with Crippen molar-refractivity contribution in [1.29, 1.82) is 5.26 Å². The molecule has 3 rings (SSSR count). The highest BCUT2D eigenvalue weighted by Crippen LogP contribution is 2.48. The van der Waals surface area contributed by atoms with E-state index in [1.807, 2.05) is 26.0 Å². The fourth-order valence-corrected chi connectivity index (χ4v) is 4.11. The standard InChI is InChI=1S/C19H22N2O/c1-18(2)13-19(11-15(12-20)17(18)22)9-6-10-21(14-19)16-7-4-3-5-8-16/h3-5,7-8,11H,6,9-10,13-14H2,1-2H3. The topological polar surface area (TPSA) is 44.1 Å². The molecule has 0 radical (unpaired) electrons. The van der Waals surface area contributed by atoms with E-state index in [0.717, 1.165) is 32.4 Å². The maximum atomic E-state index is 12.4. The number of carbonyl (C=O) groups is 1. The van der Waals surface area contributed by atoms with E-state index in [9.17, 15) is 10.1 Å². The van der Waals surface area contributed by atoms with Crippen LogP contribution in [0.2, 0.25) is 0 Å². The minimum atomic E-state index is -0.445.